The first kappa shape index (κ1) is 33.6. The molecule has 4 radical (unpaired) electrons. The van der Waals surface area contributed by atoms with E-state index in [1.54, 1.807) is 0 Å². The van der Waals surface area contributed by atoms with Gasteiger partial charge in [0.05, 0.1) is 35.4 Å². The molecule has 4 fully saturated rings. The molecule has 0 bridgehead atoms. The van der Waals surface area contributed by atoms with Gasteiger partial charge in [-0.1, -0.05) is 0 Å². The predicted molar refractivity (Wildman–Crippen MR) is 69.2 cm³/mol. The zero-order chi connectivity index (χ0) is 17.3. The van der Waals surface area contributed by atoms with Crippen molar-refractivity contribution in [2.24, 2.45) is 10.8 Å². The van der Waals surface area contributed by atoms with Gasteiger partial charge in [0.1, 0.15) is 5.41 Å². The van der Waals surface area contributed by atoms with Gasteiger partial charge in [-0.05, 0) is 0 Å². The third-order valence-corrected chi connectivity index (χ3v) is 3.78. The van der Waals surface area contributed by atoms with E-state index in [4.69, 9.17) is 0 Å². The molecule has 0 aromatic carbocycles. The fourth-order valence-corrected chi connectivity index (χ4v) is 2.26. The van der Waals surface area contributed by atoms with E-state index >= 15 is 0 Å². The van der Waals surface area contributed by atoms with Gasteiger partial charge in [0.25, 0.3) is 11.8 Å². The van der Waals surface area contributed by atoms with E-state index in [-0.39, 0.29) is 138 Å². The number of carbonyl (C=O) groups is 8. The second kappa shape index (κ2) is 11.0. The molecular formula is C12H6N4O8Y4-4. The van der Waals surface area contributed by atoms with Crippen molar-refractivity contribution in [3.05, 3.63) is 23.4 Å². The third kappa shape index (κ3) is 3.83. The van der Waals surface area contributed by atoms with Gasteiger partial charge in [-0.2, -0.15) is 0 Å². The Kier molecular flexibility index (Phi) is 13.2. The summed E-state index contributed by atoms with van der Waals surface area (Å²) in [4.78, 5) is 86.6. The van der Waals surface area contributed by atoms with E-state index in [2.05, 4.69) is 16.0 Å². The zero-order valence-corrected chi connectivity index (χ0v) is 25.7. The molecule has 4 saturated heterocycles. The number of hydrogen-bond acceptors (Lipinski definition) is 8. The van der Waals surface area contributed by atoms with Crippen LogP contribution in [0, 0.1) is 18.3 Å². The van der Waals surface area contributed by atoms with Crippen molar-refractivity contribution in [3.63, 3.8) is 0 Å². The Hall–Kier alpha value is 0.976. The summed E-state index contributed by atoms with van der Waals surface area (Å²) in [6, 6.07) is 0. The van der Waals surface area contributed by atoms with Gasteiger partial charge in [-0.25, -0.2) is 0 Å². The molecule has 16 heteroatoms. The Labute approximate surface area is 258 Å². The summed E-state index contributed by atoms with van der Waals surface area (Å²) in [5.74, 6) is -7.31. The van der Waals surface area contributed by atoms with Gasteiger partial charge in [-0.15, -0.1) is 0 Å². The topological polar surface area (TPSA) is 182 Å². The summed E-state index contributed by atoms with van der Waals surface area (Å²) >= 11 is 0. The van der Waals surface area contributed by atoms with Crippen molar-refractivity contribution in [2.75, 3.05) is 7.05 Å². The Morgan fingerprint density at radius 2 is 0.750 bits per heavy atom. The molecule has 138 valence electrons. The fourth-order valence-electron chi connectivity index (χ4n) is 2.26. The monoisotopic (exact) mass is 690 g/mol. The molecule has 4 heterocycles. The molecule has 0 unspecified atom stereocenters. The van der Waals surface area contributed by atoms with Crippen LogP contribution in [0.1, 0.15) is 0 Å². The van der Waals surface area contributed by atoms with Crippen LogP contribution in [-0.4, -0.2) is 59.2 Å². The Balaban J connectivity index is -0.000000380. The minimum absolute atomic E-state index is 0. The minimum atomic E-state index is -2.11. The third-order valence-electron chi connectivity index (χ3n) is 3.78. The van der Waals surface area contributed by atoms with E-state index in [0.717, 1.165) is 4.90 Å². The minimum Gasteiger partial charge on any atom is -0.593 e. The maximum absolute atomic E-state index is 11.0. The first-order valence-electron chi connectivity index (χ1n) is 5.87. The molecule has 4 aliphatic heterocycles. The summed E-state index contributed by atoms with van der Waals surface area (Å²) in [5.41, 5.74) is -4.16. The van der Waals surface area contributed by atoms with Gasteiger partial charge in [0.15, 0.2) is 0 Å². The molecule has 0 aromatic heterocycles. The van der Waals surface area contributed by atoms with E-state index < -0.39 is 58.1 Å². The van der Waals surface area contributed by atoms with Crippen molar-refractivity contribution in [2.45, 2.75) is 0 Å². The molecule has 0 atom stereocenters. The smallest absolute Gasteiger partial charge is 0.256 e. The first-order chi connectivity index (χ1) is 10.6. The van der Waals surface area contributed by atoms with Crippen molar-refractivity contribution in [1.29, 1.82) is 0 Å². The van der Waals surface area contributed by atoms with E-state index in [0.29, 0.717) is 0 Å². The quantitative estimate of drug-likeness (QED) is 0.155. The largest absolute Gasteiger partial charge is 0.593 e. The number of likely N-dealkylation sites (tertiary alicyclic amines) is 1. The van der Waals surface area contributed by atoms with E-state index in [1.807, 2.05) is 0 Å². The maximum atomic E-state index is 11.0. The molecule has 0 aliphatic carbocycles. The summed E-state index contributed by atoms with van der Waals surface area (Å²) in [5, 5.41) is 8.52. The van der Waals surface area contributed by atoms with Crippen LogP contribution in [0.25, 0.3) is 16.0 Å². The molecule has 12 nitrogen and oxygen atoms in total. The number of imide groups is 4. The number of carbonyl (C=O) groups excluding carboxylic acids is 8. The van der Waals surface area contributed by atoms with Gasteiger partial charge in [-0.3, -0.25) is 14.5 Å². The average molecular weight is 690 g/mol. The predicted octanol–water partition coefficient (Wildman–Crippen LogP) is -2.29. The van der Waals surface area contributed by atoms with E-state index in [9.17, 15) is 38.4 Å². The Morgan fingerprint density at radius 1 is 0.536 bits per heavy atom. The molecule has 0 aromatic rings. The van der Waals surface area contributed by atoms with Gasteiger partial charge in [0, 0.05) is 138 Å². The summed E-state index contributed by atoms with van der Waals surface area (Å²) in [6.07, 6.45) is 0. The van der Waals surface area contributed by atoms with Crippen LogP contribution in [0.5, 0.6) is 0 Å². The molecular weight excluding hydrogens is 684 g/mol. The van der Waals surface area contributed by atoms with Gasteiger partial charge in [0.2, 0.25) is 5.41 Å². The molecule has 4 aliphatic rings. The van der Waals surface area contributed by atoms with Gasteiger partial charge >= 0.3 is 0 Å². The number of nitrogens with zero attached hydrogens (tertiary/aromatic N) is 4. The number of hydrogen-bond donors (Lipinski definition) is 0. The SMILES string of the molecule is CN1C(=O)C2(C(=O)[N-]C2=O)C1=O.O=C1[N-]C(=O)C12C(=O)[N-]C2=O.[CH3-].[Y].[Y].[Y].[Y]. The number of amides is 8. The first-order valence-corrected chi connectivity index (χ1v) is 5.87. The van der Waals surface area contributed by atoms with Gasteiger partial charge < -0.3 is 52.1 Å². The molecule has 4 rings (SSSR count). The molecule has 28 heavy (non-hydrogen) atoms. The number of rotatable bonds is 0. The van der Waals surface area contributed by atoms with Crippen LogP contribution in [0.15, 0.2) is 0 Å². The van der Waals surface area contributed by atoms with Crippen molar-refractivity contribution < 1.29 is 169 Å². The van der Waals surface area contributed by atoms with Crippen molar-refractivity contribution in [1.82, 2.24) is 4.90 Å². The van der Waals surface area contributed by atoms with E-state index in [1.165, 1.54) is 7.05 Å². The Morgan fingerprint density at radius 3 is 0.857 bits per heavy atom. The van der Waals surface area contributed by atoms with Crippen molar-refractivity contribution >= 4 is 47.3 Å². The summed E-state index contributed by atoms with van der Waals surface area (Å²) < 4.78 is 0. The number of β-lactam (4-membered cyclic amide) rings is 8. The van der Waals surface area contributed by atoms with Crippen LogP contribution in [0.2, 0.25) is 0 Å². The Bertz CT molecular complexity index is 718. The second-order valence-electron chi connectivity index (χ2n) is 4.84. The second-order valence-corrected chi connectivity index (χ2v) is 4.84. The fraction of sp³-hybridized carbons (Fsp3) is 0.250. The molecule has 8 amide bonds. The van der Waals surface area contributed by atoms with Crippen LogP contribution in [-0.2, 0) is 169 Å². The summed E-state index contributed by atoms with van der Waals surface area (Å²) in [7, 11) is 1.22. The van der Waals surface area contributed by atoms with Crippen LogP contribution in [0.4, 0.5) is 0 Å². The maximum Gasteiger partial charge on any atom is 0.256 e. The van der Waals surface area contributed by atoms with Crippen LogP contribution < -0.4 is 0 Å². The normalized spacial score (nSPS) is 20.8. The molecule has 2 spiro atoms. The standard InChI is InChI=1S/C6H4N2O4.C5H2N2O4.CH3.4Y/c1-8-4(11)6(5(8)12)2(9)7-3(6)10;8-1-5(2(9)6-1)3(10)7-4(5)11;;;;;/h1H3,(H,7,9,10);(H2,6,7,8,9,10,11);1H3;;;;/q;;-1;;;;/p-3. The van der Waals surface area contributed by atoms with Crippen LogP contribution in [0.3, 0.4) is 0 Å². The molecule has 0 saturated carbocycles. The van der Waals surface area contributed by atoms with Crippen molar-refractivity contribution in [3.8, 4) is 0 Å². The zero-order valence-electron chi connectivity index (χ0n) is 14.4. The van der Waals surface area contributed by atoms with Crippen LogP contribution >= 0.6 is 0 Å². The molecule has 0 N–H and O–H groups in total. The summed E-state index contributed by atoms with van der Waals surface area (Å²) in [6.45, 7) is 0. The average Bonchev–Trinajstić information content (AvgIpc) is 2.47.